The average molecular weight is 429 g/mol. The molecule has 1 fully saturated rings. The van der Waals surface area contributed by atoms with Crippen LogP contribution in [0.2, 0.25) is 0 Å². The second-order valence-corrected chi connectivity index (χ2v) is 7.57. The average Bonchev–Trinajstić information content (AvgIpc) is 3.27. The number of fused-ring (bicyclic) bond motifs is 1. The highest BCUT2D eigenvalue weighted by Gasteiger charge is 2.25. The molecule has 162 valence electrons. The van der Waals surface area contributed by atoms with Gasteiger partial charge in [0.05, 0.1) is 6.54 Å². The molecule has 1 amide bonds. The van der Waals surface area contributed by atoms with Crippen LogP contribution in [-0.2, 0) is 11.3 Å². The predicted octanol–water partition coefficient (Wildman–Crippen LogP) is 2.00. The Morgan fingerprint density at radius 2 is 1.62 bits per heavy atom. The maximum atomic E-state index is 12.5. The van der Waals surface area contributed by atoms with Gasteiger partial charge in [-0.3, -0.25) is 4.79 Å². The summed E-state index contributed by atoms with van der Waals surface area (Å²) in [6.45, 7) is 3.15. The van der Waals surface area contributed by atoms with Gasteiger partial charge < -0.3 is 14.5 Å². The van der Waals surface area contributed by atoms with Gasteiger partial charge in [-0.05, 0) is 17.7 Å². The summed E-state index contributed by atoms with van der Waals surface area (Å²) in [5, 5.41) is 8.65. The molecule has 3 heterocycles. The van der Waals surface area contributed by atoms with E-state index in [9.17, 15) is 4.79 Å². The van der Waals surface area contributed by atoms with Crippen molar-refractivity contribution >= 4 is 22.9 Å². The first-order chi connectivity index (χ1) is 15.8. The van der Waals surface area contributed by atoms with Crippen LogP contribution in [-0.4, -0.2) is 68.6 Å². The van der Waals surface area contributed by atoms with Crippen LogP contribution in [0, 0.1) is 0 Å². The molecule has 9 heteroatoms. The number of para-hydroxylation sites is 1. The summed E-state index contributed by atoms with van der Waals surface area (Å²) in [5.41, 5.74) is 2.51. The standard InChI is InChI=1S/C23H23N7O2/c31-20(16-32-19-9-5-2-6-10-19)28-11-13-29(14-12-28)22-21-23(25-17-24-22)30(27-26-21)15-18-7-3-1-4-8-18/h1-10,17H,11-16H2. The van der Waals surface area contributed by atoms with E-state index in [2.05, 4.69) is 25.2 Å². The molecule has 0 atom stereocenters. The Bertz CT molecular complexity index is 1190. The normalized spacial score (nSPS) is 14.0. The Morgan fingerprint density at radius 3 is 2.38 bits per heavy atom. The van der Waals surface area contributed by atoms with Crippen molar-refractivity contribution in [2.24, 2.45) is 0 Å². The van der Waals surface area contributed by atoms with Gasteiger partial charge in [-0.15, -0.1) is 5.10 Å². The molecule has 32 heavy (non-hydrogen) atoms. The summed E-state index contributed by atoms with van der Waals surface area (Å²) in [6.07, 6.45) is 1.55. The molecule has 0 bridgehead atoms. The summed E-state index contributed by atoms with van der Waals surface area (Å²) in [6, 6.07) is 19.5. The lowest BCUT2D eigenvalue weighted by Gasteiger charge is -2.35. The SMILES string of the molecule is O=C(COc1ccccc1)N1CCN(c2ncnc3c2nnn3Cc2ccccc2)CC1. The van der Waals surface area contributed by atoms with E-state index >= 15 is 0 Å². The molecule has 1 aliphatic heterocycles. The van der Waals surface area contributed by atoms with Crippen molar-refractivity contribution in [1.82, 2.24) is 29.9 Å². The van der Waals surface area contributed by atoms with E-state index in [-0.39, 0.29) is 12.5 Å². The number of nitrogens with zero attached hydrogens (tertiary/aromatic N) is 7. The third-order valence-corrected chi connectivity index (χ3v) is 5.49. The lowest BCUT2D eigenvalue weighted by Crippen LogP contribution is -2.50. The first-order valence-corrected chi connectivity index (χ1v) is 10.6. The molecule has 0 radical (unpaired) electrons. The van der Waals surface area contributed by atoms with E-state index in [0.29, 0.717) is 49.6 Å². The van der Waals surface area contributed by atoms with E-state index < -0.39 is 0 Å². The second-order valence-electron chi connectivity index (χ2n) is 7.57. The van der Waals surface area contributed by atoms with Crippen molar-refractivity contribution in [2.45, 2.75) is 6.54 Å². The van der Waals surface area contributed by atoms with E-state index in [4.69, 9.17) is 4.74 Å². The Labute approximate surface area is 185 Å². The molecule has 4 aromatic rings. The van der Waals surface area contributed by atoms with Crippen molar-refractivity contribution in [1.29, 1.82) is 0 Å². The quantitative estimate of drug-likeness (QED) is 0.463. The molecule has 0 unspecified atom stereocenters. The van der Waals surface area contributed by atoms with Crippen molar-refractivity contribution in [3.63, 3.8) is 0 Å². The summed E-state index contributed by atoms with van der Waals surface area (Å²) in [7, 11) is 0. The Balaban J connectivity index is 1.23. The molecule has 2 aromatic carbocycles. The van der Waals surface area contributed by atoms with Gasteiger partial charge in [0.15, 0.2) is 23.6 Å². The highest BCUT2D eigenvalue weighted by molar-refractivity contribution is 5.83. The fourth-order valence-corrected chi connectivity index (χ4v) is 3.79. The number of carbonyl (C=O) groups excluding carboxylic acids is 1. The van der Waals surface area contributed by atoms with Crippen molar-refractivity contribution in [3.8, 4) is 5.75 Å². The fraction of sp³-hybridized carbons (Fsp3) is 0.261. The molecule has 1 aliphatic rings. The number of hydrogen-bond donors (Lipinski definition) is 0. The van der Waals surface area contributed by atoms with Gasteiger partial charge in [0, 0.05) is 26.2 Å². The van der Waals surface area contributed by atoms with E-state index in [1.54, 1.807) is 11.0 Å². The fourth-order valence-electron chi connectivity index (χ4n) is 3.79. The summed E-state index contributed by atoms with van der Waals surface area (Å²) in [5.74, 6) is 1.43. The van der Waals surface area contributed by atoms with Gasteiger partial charge in [0.2, 0.25) is 0 Å². The van der Waals surface area contributed by atoms with Gasteiger partial charge >= 0.3 is 0 Å². The molecule has 0 N–H and O–H groups in total. The zero-order valence-corrected chi connectivity index (χ0v) is 17.5. The number of amides is 1. The van der Waals surface area contributed by atoms with Crippen LogP contribution in [0.4, 0.5) is 5.82 Å². The van der Waals surface area contributed by atoms with Gasteiger partial charge in [-0.2, -0.15) is 0 Å². The Morgan fingerprint density at radius 1 is 0.906 bits per heavy atom. The van der Waals surface area contributed by atoms with Crippen LogP contribution in [0.25, 0.3) is 11.2 Å². The topological polar surface area (TPSA) is 89.3 Å². The monoisotopic (exact) mass is 429 g/mol. The number of rotatable bonds is 6. The van der Waals surface area contributed by atoms with Crippen LogP contribution >= 0.6 is 0 Å². The number of anilines is 1. The van der Waals surface area contributed by atoms with Crippen molar-refractivity contribution in [2.75, 3.05) is 37.7 Å². The van der Waals surface area contributed by atoms with E-state index in [0.717, 1.165) is 11.4 Å². The highest BCUT2D eigenvalue weighted by atomic mass is 16.5. The Hall–Kier alpha value is -4.01. The minimum Gasteiger partial charge on any atom is -0.484 e. The first-order valence-electron chi connectivity index (χ1n) is 10.6. The van der Waals surface area contributed by atoms with Crippen LogP contribution in [0.1, 0.15) is 5.56 Å². The summed E-state index contributed by atoms with van der Waals surface area (Å²) < 4.78 is 7.38. The smallest absolute Gasteiger partial charge is 0.260 e. The number of ether oxygens (including phenoxy) is 1. The van der Waals surface area contributed by atoms with E-state index in [1.807, 2.05) is 65.6 Å². The molecular formula is C23H23N7O2. The van der Waals surface area contributed by atoms with Crippen LogP contribution in [0.5, 0.6) is 5.75 Å². The minimum atomic E-state index is -0.0184. The summed E-state index contributed by atoms with van der Waals surface area (Å²) >= 11 is 0. The highest BCUT2D eigenvalue weighted by Crippen LogP contribution is 2.22. The van der Waals surface area contributed by atoms with Gasteiger partial charge in [0.25, 0.3) is 5.91 Å². The second kappa shape index (κ2) is 9.01. The number of benzene rings is 2. The van der Waals surface area contributed by atoms with E-state index in [1.165, 1.54) is 0 Å². The maximum Gasteiger partial charge on any atom is 0.260 e. The molecule has 9 nitrogen and oxygen atoms in total. The number of piperazine rings is 1. The third-order valence-electron chi connectivity index (χ3n) is 5.49. The lowest BCUT2D eigenvalue weighted by atomic mass is 10.2. The molecule has 2 aromatic heterocycles. The Kier molecular flexibility index (Phi) is 5.61. The van der Waals surface area contributed by atoms with Crippen LogP contribution < -0.4 is 9.64 Å². The van der Waals surface area contributed by atoms with Crippen LogP contribution in [0.3, 0.4) is 0 Å². The zero-order chi connectivity index (χ0) is 21.8. The molecule has 0 spiro atoms. The number of hydrogen-bond acceptors (Lipinski definition) is 7. The predicted molar refractivity (Wildman–Crippen MR) is 119 cm³/mol. The molecular weight excluding hydrogens is 406 g/mol. The van der Waals surface area contributed by atoms with Gasteiger partial charge in [-0.25, -0.2) is 14.6 Å². The maximum absolute atomic E-state index is 12.5. The molecule has 0 saturated carbocycles. The van der Waals surface area contributed by atoms with Crippen molar-refractivity contribution < 1.29 is 9.53 Å². The number of aromatic nitrogens is 5. The number of carbonyl (C=O) groups is 1. The van der Waals surface area contributed by atoms with Gasteiger partial charge in [0.1, 0.15) is 12.1 Å². The first kappa shape index (κ1) is 19.9. The zero-order valence-electron chi connectivity index (χ0n) is 17.5. The lowest BCUT2D eigenvalue weighted by molar-refractivity contribution is -0.133. The molecule has 5 rings (SSSR count). The summed E-state index contributed by atoms with van der Waals surface area (Å²) in [4.78, 5) is 25.4. The molecule has 0 aliphatic carbocycles. The van der Waals surface area contributed by atoms with Gasteiger partial charge in [-0.1, -0.05) is 53.7 Å². The molecule has 1 saturated heterocycles. The minimum absolute atomic E-state index is 0.0184. The largest absolute Gasteiger partial charge is 0.484 e. The van der Waals surface area contributed by atoms with Crippen LogP contribution in [0.15, 0.2) is 67.0 Å². The van der Waals surface area contributed by atoms with Crippen molar-refractivity contribution in [3.05, 3.63) is 72.6 Å². The third kappa shape index (κ3) is 4.22.